The van der Waals surface area contributed by atoms with Gasteiger partial charge in [-0.3, -0.25) is 10.1 Å². The summed E-state index contributed by atoms with van der Waals surface area (Å²) < 4.78 is 4.89. The Bertz CT molecular complexity index is 449. The van der Waals surface area contributed by atoms with E-state index in [1.807, 2.05) is 0 Å². The Labute approximate surface area is 123 Å². The Morgan fingerprint density at radius 3 is 2.52 bits per heavy atom. The molecule has 0 spiro atoms. The molecular formula is C13H21N3O5. The maximum Gasteiger partial charge on any atom is 0.294 e. The molecule has 0 atom stereocenters. The number of methoxy groups -OCH3 is 1. The number of hydrogen-bond acceptors (Lipinski definition) is 7. The van der Waals surface area contributed by atoms with E-state index in [0.717, 1.165) is 0 Å². The molecule has 0 amide bonds. The molecule has 1 aromatic carbocycles. The number of nitro benzene ring substituents is 1. The number of nitrogens with one attached hydrogen (secondary N) is 1. The van der Waals surface area contributed by atoms with E-state index in [4.69, 9.17) is 14.9 Å². The monoisotopic (exact) mass is 299 g/mol. The number of hydrogen-bond donors (Lipinski definition) is 3. The average Bonchev–Trinajstić information content (AvgIpc) is 2.47. The van der Waals surface area contributed by atoms with Crippen LogP contribution >= 0.6 is 0 Å². The first-order chi connectivity index (χ1) is 10.1. The van der Waals surface area contributed by atoms with Crippen molar-refractivity contribution in [3.8, 4) is 0 Å². The fourth-order valence-electron chi connectivity index (χ4n) is 1.92. The topological polar surface area (TPSA) is 108 Å². The average molecular weight is 299 g/mol. The normalized spacial score (nSPS) is 10.4. The second kappa shape index (κ2) is 9.11. The molecule has 0 saturated carbocycles. The van der Waals surface area contributed by atoms with Crippen LogP contribution in [0.25, 0.3) is 0 Å². The van der Waals surface area contributed by atoms with Crippen LogP contribution in [0.2, 0.25) is 0 Å². The van der Waals surface area contributed by atoms with Gasteiger partial charge in [-0.25, -0.2) is 0 Å². The van der Waals surface area contributed by atoms with E-state index in [2.05, 4.69) is 5.32 Å². The molecule has 21 heavy (non-hydrogen) atoms. The van der Waals surface area contributed by atoms with Gasteiger partial charge in [0, 0.05) is 38.5 Å². The lowest BCUT2D eigenvalue weighted by molar-refractivity contribution is -0.383. The number of benzene rings is 1. The van der Waals surface area contributed by atoms with Gasteiger partial charge in [-0.2, -0.15) is 0 Å². The van der Waals surface area contributed by atoms with E-state index in [-0.39, 0.29) is 18.9 Å². The zero-order valence-corrected chi connectivity index (χ0v) is 12.0. The summed E-state index contributed by atoms with van der Waals surface area (Å²) in [7, 11) is 1.56. The van der Waals surface area contributed by atoms with Crippen LogP contribution in [0.1, 0.15) is 0 Å². The molecule has 0 aliphatic heterocycles. The number of aliphatic hydroxyl groups excluding tert-OH is 2. The molecule has 118 valence electrons. The lowest BCUT2D eigenvalue weighted by Crippen LogP contribution is -2.29. The molecule has 0 aliphatic rings. The lowest BCUT2D eigenvalue weighted by atomic mass is 10.2. The van der Waals surface area contributed by atoms with Crippen molar-refractivity contribution in [2.24, 2.45) is 0 Å². The summed E-state index contributed by atoms with van der Waals surface area (Å²) in [4.78, 5) is 12.4. The third kappa shape index (κ3) is 5.18. The minimum atomic E-state index is -0.464. The number of anilines is 2. The summed E-state index contributed by atoms with van der Waals surface area (Å²) in [5, 5.41) is 32.1. The Kier molecular flexibility index (Phi) is 7.44. The molecular weight excluding hydrogens is 278 g/mol. The van der Waals surface area contributed by atoms with E-state index in [1.165, 1.54) is 6.07 Å². The van der Waals surface area contributed by atoms with Crippen LogP contribution in [0.4, 0.5) is 17.1 Å². The standard InChI is InChI=1S/C13H21N3O5/c1-21-9-4-14-12-3-2-11(10-13(12)16(19)20)15(5-7-17)6-8-18/h2-3,10,14,17-18H,4-9H2,1H3. The van der Waals surface area contributed by atoms with Crippen molar-refractivity contribution in [3.05, 3.63) is 28.3 Å². The second-order valence-corrected chi connectivity index (χ2v) is 4.31. The SMILES string of the molecule is COCCNc1ccc(N(CCO)CCO)cc1[N+](=O)[O-]. The molecule has 0 unspecified atom stereocenters. The van der Waals surface area contributed by atoms with E-state index in [1.54, 1.807) is 24.1 Å². The van der Waals surface area contributed by atoms with Gasteiger partial charge in [-0.15, -0.1) is 0 Å². The van der Waals surface area contributed by atoms with E-state index in [9.17, 15) is 10.1 Å². The van der Waals surface area contributed by atoms with Gasteiger partial charge in [0.1, 0.15) is 5.69 Å². The van der Waals surface area contributed by atoms with Gasteiger partial charge in [0.2, 0.25) is 0 Å². The van der Waals surface area contributed by atoms with Gasteiger partial charge < -0.3 is 25.2 Å². The molecule has 1 aromatic rings. The molecule has 0 saturated heterocycles. The maximum atomic E-state index is 11.2. The van der Waals surface area contributed by atoms with Gasteiger partial charge in [-0.05, 0) is 12.1 Å². The Balaban J connectivity index is 2.97. The molecule has 1 rings (SSSR count). The van der Waals surface area contributed by atoms with Crippen LogP contribution in [-0.4, -0.2) is 61.7 Å². The number of nitrogens with zero attached hydrogens (tertiary/aromatic N) is 2. The van der Waals surface area contributed by atoms with Crippen molar-refractivity contribution < 1.29 is 19.9 Å². The maximum absolute atomic E-state index is 11.2. The molecule has 3 N–H and O–H groups in total. The van der Waals surface area contributed by atoms with Crippen LogP contribution < -0.4 is 10.2 Å². The summed E-state index contributed by atoms with van der Waals surface area (Å²) >= 11 is 0. The van der Waals surface area contributed by atoms with Crippen molar-refractivity contribution in [2.45, 2.75) is 0 Å². The lowest BCUT2D eigenvalue weighted by Gasteiger charge is -2.23. The molecule has 0 aliphatic carbocycles. The van der Waals surface area contributed by atoms with Gasteiger partial charge >= 0.3 is 0 Å². The van der Waals surface area contributed by atoms with Crippen LogP contribution in [0.15, 0.2) is 18.2 Å². The molecule has 0 bridgehead atoms. The molecule has 0 radical (unpaired) electrons. The highest BCUT2D eigenvalue weighted by molar-refractivity contribution is 5.68. The molecule has 0 heterocycles. The highest BCUT2D eigenvalue weighted by Gasteiger charge is 2.16. The molecule has 0 aromatic heterocycles. The summed E-state index contributed by atoms with van der Waals surface area (Å²) in [6.07, 6.45) is 0. The largest absolute Gasteiger partial charge is 0.395 e. The number of rotatable bonds is 10. The zero-order chi connectivity index (χ0) is 15.7. The fourth-order valence-corrected chi connectivity index (χ4v) is 1.92. The van der Waals surface area contributed by atoms with Gasteiger partial charge in [0.25, 0.3) is 5.69 Å². The second-order valence-electron chi connectivity index (χ2n) is 4.31. The number of aliphatic hydroxyl groups is 2. The highest BCUT2D eigenvalue weighted by atomic mass is 16.6. The summed E-state index contributed by atoms with van der Waals surface area (Å²) in [5.41, 5.74) is 0.945. The predicted molar refractivity (Wildman–Crippen MR) is 79.8 cm³/mol. The van der Waals surface area contributed by atoms with Gasteiger partial charge in [0.05, 0.1) is 24.7 Å². The first-order valence-corrected chi connectivity index (χ1v) is 6.62. The smallest absolute Gasteiger partial charge is 0.294 e. The quantitative estimate of drug-likeness (QED) is 0.327. The van der Waals surface area contributed by atoms with Gasteiger partial charge in [0.15, 0.2) is 0 Å². The molecule has 0 fully saturated rings. The van der Waals surface area contributed by atoms with Crippen molar-refractivity contribution in [3.63, 3.8) is 0 Å². The summed E-state index contributed by atoms with van der Waals surface area (Å²) in [6, 6.07) is 4.76. The third-order valence-corrected chi connectivity index (χ3v) is 2.90. The number of ether oxygens (including phenoxy) is 1. The Morgan fingerprint density at radius 1 is 1.33 bits per heavy atom. The molecule has 8 heteroatoms. The zero-order valence-electron chi connectivity index (χ0n) is 12.0. The van der Waals surface area contributed by atoms with Crippen LogP contribution in [-0.2, 0) is 4.74 Å². The molecule has 8 nitrogen and oxygen atoms in total. The minimum Gasteiger partial charge on any atom is -0.395 e. The van der Waals surface area contributed by atoms with E-state index in [0.29, 0.717) is 37.6 Å². The summed E-state index contributed by atoms with van der Waals surface area (Å²) in [6.45, 7) is 1.32. The Hall–Kier alpha value is -1.90. The van der Waals surface area contributed by atoms with Crippen LogP contribution in [0.3, 0.4) is 0 Å². The van der Waals surface area contributed by atoms with E-state index < -0.39 is 4.92 Å². The van der Waals surface area contributed by atoms with Crippen molar-refractivity contribution in [1.29, 1.82) is 0 Å². The third-order valence-electron chi connectivity index (χ3n) is 2.90. The number of nitro groups is 1. The fraction of sp³-hybridized carbons (Fsp3) is 0.538. The predicted octanol–water partition coefficient (Wildman–Crippen LogP) is 0.444. The van der Waals surface area contributed by atoms with Crippen LogP contribution in [0, 0.1) is 10.1 Å². The summed E-state index contributed by atoms with van der Waals surface area (Å²) in [5.74, 6) is 0. The Morgan fingerprint density at radius 2 is 2.00 bits per heavy atom. The highest BCUT2D eigenvalue weighted by Crippen LogP contribution is 2.29. The first-order valence-electron chi connectivity index (χ1n) is 6.62. The van der Waals surface area contributed by atoms with E-state index >= 15 is 0 Å². The first kappa shape index (κ1) is 17.2. The van der Waals surface area contributed by atoms with Crippen molar-refractivity contribution in [2.75, 3.05) is 56.8 Å². The van der Waals surface area contributed by atoms with Crippen LogP contribution in [0.5, 0.6) is 0 Å². The van der Waals surface area contributed by atoms with Crippen molar-refractivity contribution >= 4 is 17.1 Å². The van der Waals surface area contributed by atoms with Crippen molar-refractivity contribution in [1.82, 2.24) is 0 Å². The van der Waals surface area contributed by atoms with Gasteiger partial charge in [-0.1, -0.05) is 0 Å². The minimum absolute atomic E-state index is 0.0514.